The van der Waals surface area contributed by atoms with Crippen molar-refractivity contribution in [1.29, 1.82) is 0 Å². The standard InChI is InChI=1S/C24H27ClN4O3.Na/c1-3-4-5-14-28-21-20(26-23(25)27-21)22(30)29(24(28)31)15-8-10-16-9-6-12-18-17(16)11-7-13-19(18)32-2;/h6-7,9,11-13H,3-5,8,10,14-15H2,1-2H3,(H,26,27,30);/q;+1/p-1. The molecule has 4 rings (SSSR count). The number of hydrogen-bond donors (Lipinski definition) is 0. The van der Waals surface area contributed by atoms with Gasteiger partial charge in [-0.05, 0) is 36.3 Å². The van der Waals surface area contributed by atoms with Gasteiger partial charge in [0.15, 0.2) is 0 Å². The van der Waals surface area contributed by atoms with E-state index < -0.39 is 5.56 Å². The smallest absolute Gasteiger partial charge is 0.496 e. The average Bonchev–Trinajstić information content (AvgIpc) is 3.19. The van der Waals surface area contributed by atoms with Crippen LogP contribution in [0.3, 0.4) is 0 Å². The van der Waals surface area contributed by atoms with Crippen LogP contribution >= 0.6 is 11.6 Å². The Bertz CT molecular complexity index is 1380. The number of aromatic nitrogens is 4. The molecule has 0 bridgehead atoms. The van der Waals surface area contributed by atoms with Gasteiger partial charge < -0.3 is 14.7 Å². The van der Waals surface area contributed by atoms with Gasteiger partial charge in [-0.15, -0.1) is 0 Å². The van der Waals surface area contributed by atoms with Gasteiger partial charge in [-0.3, -0.25) is 13.9 Å². The van der Waals surface area contributed by atoms with Gasteiger partial charge in [0.05, 0.1) is 7.11 Å². The first kappa shape index (κ1) is 25.6. The van der Waals surface area contributed by atoms with Gasteiger partial charge in [0.25, 0.3) is 5.56 Å². The molecule has 0 aliphatic heterocycles. The van der Waals surface area contributed by atoms with E-state index in [0.717, 1.165) is 47.8 Å². The zero-order valence-corrected chi connectivity index (χ0v) is 22.1. The molecular weight excluding hydrogens is 451 g/mol. The van der Waals surface area contributed by atoms with Gasteiger partial charge in [0.2, 0.25) is 0 Å². The van der Waals surface area contributed by atoms with Gasteiger partial charge in [-0.25, -0.2) is 4.79 Å². The van der Waals surface area contributed by atoms with E-state index in [0.29, 0.717) is 19.5 Å². The third-order valence-corrected chi connectivity index (χ3v) is 5.95. The summed E-state index contributed by atoms with van der Waals surface area (Å²) in [6, 6.07) is 12.1. The fourth-order valence-corrected chi connectivity index (χ4v) is 4.34. The van der Waals surface area contributed by atoms with Crippen molar-refractivity contribution in [2.45, 2.75) is 52.1 Å². The Kier molecular flexibility index (Phi) is 8.82. The minimum absolute atomic E-state index is 0. The topological polar surface area (TPSA) is 80.2 Å². The van der Waals surface area contributed by atoms with Gasteiger partial charge in [-0.1, -0.05) is 61.7 Å². The summed E-state index contributed by atoms with van der Waals surface area (Å²) in [6.45, 7) is 2.88. The number of fused-ring (bicyclic) bond motifs is 2. The Morgan fingerprint density at radius 3 is 2.48 bits per heavy atom. The summed E-state index contributed by atoms with van der Waals surface area (Å²) in [7, 11) is 1.66. The van der Waals surface area contributed by atoms with Gasteiger partial charge in [-0.2, -0.15) is 0 Å². The SMILES string of the molecule is CCCCCn1c(=O)n(CCCc2cccc3c(OC)cccc23)c(=O)c2[n-]c(Cl)nc21.[Na+]. The summed E-state index contributed by atoms with van der Waals surface area (Å²) in [4.78, 5) is 34.3. The molecule has 2 aromatic carbocycles. The van der Waals surface area contributed by atoms with Crippen molar-refractivity contribution in [3.63, 3.8) is 0 Å². The van der Waals surface area contributed by atoms with E-state index >= 15 is 0 Å². The van der Waals surface area contributed by atoms with Crippen LogP contribution in [0.2, 0.25) is 5.28 Å². The van der Waals surface area contributed by atoms with Crippen LogP contribution in [0.4, 0.5) is 0 Å². The first-order chi connectivity index (χ1) is 15.5. The molecule has 0 atom stereocenters. The summed E-state index contributed by atoms with van der Waals surface area (Å²) in [5.74, 6) is 0.827. The minimum Gasteiger partial charge on any atom is -0.496 e. The number of benzene rings is 2. The van der Waals surface area contributed by atoms with Gasteiger partial charge in [0.1, 0.15) is 5.75 Å². The summed E-state index contributed by atoms with van der Waals surface area (Å²) >= 11 is 5.96. The molecule has 0 fully saturated rings. The Balaban J connectivity index is 0.00000306. The predicted molar refractivity (Wildman–Crippen MR) is 127 cm³/mol. The van der Waals surface area contributed by atoms with E-state index in [4.69, 9.17) is 16.3 Å². The fourth-order valence-electron chi connectivity index (χ4n) is 4.18. The van der Waals surface area contributed by atoms with Crippen LogP contribution in [0.25, 0.3) is 21.9 Å². The number of imidazole rings is 1. The molecule has 9 heteroatoms. The van der Waals surface area contributed by atoms with E-state index in [1.807, 2.05) is 24.3 Å². The number of nitrogens with zero attached hydrogens (tertiary/aromatic N) is 4. The van der Waals surface area contributed by atoms with E-state index in [9.17, 15) is 9.59 Å². The van der Waals surface area contributed by atoms with Gasteiger partial charge >= 0.3 is 35.2 Å². The van der Waals surface area contributed by atoms with Crippen LogP contribution < -0.4 is 50.5 Å². The molecular formula is C24H26ClN4NaO3. The number of halogens is 1. The molecule has 0 aliphatic rings. The Labute approximate surface area is 219 Å². The van der Waals surface area contributed by atoms with Crippen LogP contribution in [0.1, 0.15) is 38.2 Å². The molecule has 2 heterocycles. The number of hydrogen-bond acceptors (Lipinski definition) is 4. The third kappa shape index (κ3) is 5.22. The molecule has 168 valence electrons. The molecule has 0 amide bonds. The van der Waals surface area contributed by atoms with Crippen LogP contribution in [-0.2, 0) is 19.5 Å². The largest absolute Gasteiger partial charge is 1.00 e. The summed E-state index contributed by atoms with van der Waals surface area (Å²) in [5.41, 5.74) is 0.792. The zero-order chi connectivity index (χ0) is 22.7. The third-order valence-electron chi connectivity index (χ3n) is 5.78. The van der Waals surface area contributed by atoms with Crippen molar-refractivity contribution in [1.82, 2.24) is 19.1 Å². The maximum Gasteiger partial charge on any atom is 1.00 e. The summed E-state index contributed by atoms with van der Waals surface area (Å²) in [6.07, 6.45) is 4.19. The molecule has 0 saturated carbocycles. The summed E-state index contributed by atoms with van der Waals surface area (Å²) < 4.78 is 8.28. The molecule has 33 heavy (non-hydrogen) atoms. The Morgan fingerprint density at radius 2 is 1.73 bits per heavy atom. The number of methoxy groups -OCH3 is 1. The number of aryl methyl sites for hydroxylation is 2. The van der Waals surface area contributed by atoms with Crippen LogP contribution in [-0.4, -0.2) is 21.2 Å². The predicted octanol–water partition coefficient (Wildman–Crippen LogP) is 1.16. The second-order valence-electron chi connectivity index (χ2n) is 7.84. The molecule has 0 N–H and O–H groups in total. The minimum atomic E-state index is -0.435. The molecule has 0 saturated heterocycles. The fraction of sp³-hybridized carbons (Fsp3) is 0.375. The monoisotopic (exact) mass is 476 g/mol. The van der Waals surface area contributed by atoms with Gasteiger partial charge in [0, 0.05) is 34.9 Å². The Morgan fingerprint density at radius 1 is 1.00 bits per heavy atom. The van der Waals surface area contributed by atoms with Crippen LogP contribution in [0.5, 0.6) is 5.75 Å². The average molecular weight is 477 g/mol. The number of rotatable bonds is 9. The molecule has 2 aromatic heterocycles. The molecule has 7 nitrogen and oxygen atoms in total. The second-order valence-corrected chi connectivity index (χ2v) is 8.18. The van der Waals surface area contributed by atoms with E-state index in [1.54, 1.807) is 7.11 Å². The molecule has 4 aromatic rings. The first-order valence-corrected chi connectivity index (χ1v) is 11.3. The van der Waals surface area contributed by atoms with E-state index in [2.05, 4.69) is 29.0 Å². The van der Waals surface area contributed by atoms with E-state index in [-0.39, 0.29) is 51.7 Å². The molecule has 0 radical (unpaired) electrons. The quantitative estimate of drug-likeness (QED) is 0.206. The number of unbranched alkanes of at least 4 members (excludes halogenated alkanes) is 2. The maximum atomic E-state index is 13.1. The van der Waals surface area contributed by atoms with Crippen LogP contribution in [0, 0.1) is 0 Å². The maximum absolute atomic E-state index is 13.1. The van der Waals surface area contributed by atoms with Crippen molar-refractivity contribution in [2.24, 2.45) is 0 Å². The van der Waals surface area contributed by atoms with E-state index in [1.165, 1.54) is 9.13 Å². The molecule has 0 spiro atoms. The summed E-state index contributed by atoms with van der Waals surface area (Å²) in [5, 5.41) is 2.15. The Hall–Kier alpha value is -2.06. The zero-order valence-electron chi connectivity index (χ0n) is 19.3. The van der Waals surface area contributed by atoms with Crippen molar-refractivity contribution in [2.75, 3.05) is 7.11 Å². The second kappa shape index (κ2) is 11.4. The molecule has 0 unspecified atom stereocenters. The normalized spacial score (nSPS) is 11.1. The number of ether oxygens (including phenoxy) is 1. The first-order valence-electron chi connectivity index (χ1n) is 10.9. The van der Waals surface area contributed by atoms with Crippen molar-refractivity contribution in [3.8, 4) is 5.75 Å². The van der Waals surface area contributed by atoms with Crippen molar-refractivity contribution < 1.29 is 34.3 Å². The van der Waals surface area contributed by atoms with Crippen LogP contribution in [0.15, 0.2) is 46.0 Å². The van der Waals surface area contributed by atoms with Crippen molar-refractivity contribution >= 4 is 33.5 Å². The van der Waals surface area contributed by atoms with Crippen molar-refractivity contribution in [3.05, 3.63) is 68.1 Å². The molecule has 0 aliphatic carbocycles.